The van der Waals surface area contributed by atoms with Crippen LogP contribution < -0.4 is 10.2 Å². The van der Waals surface area contributed by atoms with Crippen molar-refractivity contribution in [1.29, 1.82) is 0 Å². The van der Waals surface area contributed by atoms with Gasteiger partial charge in [0, 0.05) is 0 Å². The standard InChI is InChI=1S/C13H8Cl3F2N3O/c14-9-5-10(15)12(20-11(9)16)21-19-6-7-1-3-8(4-2-7)22-13(17)18/h1-6,13H,(H,20,21). The number of hydrazone groups is 1. The number of aromatic nitrogens is 1. The fraction of sp³-hybridized carbons (Fsp3) is 0.0769. The summed E-state index contributed by atoms with van der Waals surface area (Å²) in [5, 5.41) is 4.51. The number of nitrogens with one attached hydrogen (secondary N) is 1. The van der Waals surface area contributed by atoms with Gasteiger partial charge < -0.3 is 4.74 Å². The number of halogens is 5. The average Bonchev–Trinajstić information content (AvgIpc) is 2.45. The van der Waals surface area contributed by atoms with Gasteiger partial charge in [-0.2, -0.15) is 13.9 Å². The Kier molecular flexibility index (Phi) is 5.76. The highest BCUT2D eigenvalue weighted by Gasteiger charge is 2.07. The number of nitrogens with zero attached hydrogens (tertiary/aromatic N) is 2. The molecule has 1 aromatic heterocycles. The summed E-state index contributed by atoms with van der Waals surface area (Å²) in [7, 11) is 0. The minimum atomic E-state index is -2.86. The molecule has 0 amide bonds. The predicted octanol–water partition coefficient (Wildman–Crippen LogP) is 5.09. The first-order valence-electron chi connectivity index (χ1n) is 5.81. The summed E-state index contributed by atoms with van der Waals surface area (Å²) in [6, 6.07) is 7.36. The molecule has 0 aliphatic carbocycles. The summed E-state index contributed by atoms with van der Waals surface area (Å²) >= 11 is 17.5. The molecule has 1 aromatic carbocycles. The Bertz CT molecular complexity index is 681. The molecule has 2 rings (SSSR count). The minimum absolute atomic E-state index is 0.0642. The molecule has 0 radical (unpaired) electrons. The number of benzene rings is 1. The molecule has 0 bridgehead atoms. The number of pyridine rings is 1. The zero-order valence-corrected chi connectivity index (χ0v) is 13.0. The largest absolute Gasteiger partial charge is 0.435 e. The highest BCUT2D eigenvalue weighted by molar-refractivity contribution is 6.42. The van der Waals surface area contributed by atoms with Crippen molar-refractivity contribution in [2.24, 2.45) is 5.10 Å². The van der Waals surface area contributed by atoms with Crippen LogP contribution in [0.4, 0.5) is 14.6 Å². The van der Waals surface area contributed by atoms with Gasteiger partial charge in [-0.05, 0) is 35.9 Å². The van der Waals surface area contributed by atoms with Gasteiger partial charge in [-0.1, -0.05) is 34.8 Å². The topological polar surface area (TPSA) is 46.5 Å². The van der Waals surface area contributed by atoms with E-state index in [2.05, 4.69) is 20.2 Å². The summed E-state index contributed by atoms with van der Waals surface area (Å²) < 4.78 is 28.3. The molecule has 22 heavy (non-hydrogen) atoms. The van der Waals surface area contributed by atoms with Crippen molar-refractivity contribution in [1.82, 2.24) is 4.98 Å². The fourth-order valence-electron chi connectivity index (χ4n) is 1.43. The lowest BCUT2D eigenvalue weighted by molar-refractivity contribution is -0.0498. The third-order valence-electron chi connectivity index (χ3n) is 2.38. The van der Waals surface area contributed by atoms with Gasteiger partial charge >= 0.3 is 6.61 Å². The van der Waals surface area contributed by atoms with Gasteiger partial charge in [-0.25, -0.2) is 4.98 Å². The van der Waals surface area contributed by atoms with E-state index in [4.69, 9.17) is 34.8 Å². The van der Waals surface area contributed by atoms with Gasteiger partial charge in [-0.15, -0.1) is 0 Å². The smallest absolute Gasteiger partial charge is 0.387 e. The van der Waals surface area contributed by atoms with Crippen molar-refractivity contribution in [2.45, 2.75) is 6.61 Å². The molecular weight excluding hydrogens is 359 g/mol. The predicted molar refractivity (Wildman–Crippen MR) is 83.6 cm³/mol. The van der Waals surface area contributed by atoms with Crippen molar-refractivity contribution in [3.05, 3.63) is 51.1 Å². The molecule has 116 valence electrons. The number of alkyl halides is 2. The van der Waals surface area contributed by atoms with E-state index in [-0.39, 0.29) is 26.8 Å². The van der Waals surface area contributed by atoms with E-state index in [0.717, 1.165) is 0 Å². The van der Waals surface area contributed by atoms with E-state index in [9.17, 15) is 8.78 Å². The molecule has 0 aliphatic rings. The molecule has 0 spiro atoms. The first kappa shape index (κ1) is 16.7. The molecule has 9 heteroatoms. The summed E-state index contributed by atoms with van der Waals surface area (Å²) in [4.78, 5) is 3.92. The molecule has 0 atom stereocenters. The summed E-state index contributed by atoms with van der Waals surface area (Å²) in [6.07, 6.45) is 1.45. The zero-order chi connectivity index (χ0) is 16.1. The molecule has 0 saturated heterocycles. The van der Waals surface area contributed by atoms with Crippen LogP contribution in [-0.4, -0.2) is 17.8 Å². The molecule has 0 saturated carbocycles. The molecule has 4 nitrogen and oxygen atoms in total. The Labute approximate surface area is 139 Å². The van der Waals surface area contributed by atoms with E-state index in [0.29, 0.717) is 5.56 Å². The van der Waals surface area contributed by atoms with Gasteiger partial charge in [0.15, 0.2) is 5.82 Å². The first-order valence-corrected chi connectivity index (χ1v) is 6.94. The quantitative estimate of drug-likeness (QED) is 0.455. The molecule has 1 heterocycles. The Hall–Kier alpha value is -1.63. The maximum absolute atomic E-state index is 12.0. The van der Waals surface area contributed by atoms with Crippen LogP contribution in [0.5, 0.6) is 5.75 Å². The minimum Gasteiger partial charge on any atom is -0.435 e. The highest BCUT2D eigenvalue weighted by atomic mass is 35.5. The van der Waals surface area contributed by atoms with Crippen LogP contribution in [0.2, 0.25) is 15.2 Å². The summed E-state index contributed by atoms with van der Waals surface area (Å²) in [5.41, 5.74) is 3.27. The van der Waals surface area contributed by atoms with Gasteiger partial charge in [0.1, 0.15) is 10.9 Å². The molecule has 0 unspecified atom stereocenters. The van der Waals surface area contributed by atoms with E-state index in [1.807, 2.05) is 0 Å². The lowest BCUT2D eigenvalue weighted by Crippen LogP contribution is -2.01. The maximum Gasteiger partial charge on any atom is 0.387 e. The Morgan fingerprint density at radius 3 is 2.45 bits per heavy atom. The van der Waals surface area contributed by atoms with Crippen molar-refractivity contribution >= 4 is 46.8 Å². The maximum atomic E-state index is 12.0. The Morgan fingerprint density at radius 2 is 1.82 bits per heavy atom. The Morgan fingerprint density at radius 1 is 1.14 bits per heavy atom. The second-order valence-corrected chi connectivity index (χ2v) is 5.08. The number of rotatable bonds is 5. The van der Waals surface area contributed by atoms with Crippen molar-refractivity contribution in [3.63, 3.8) is 0 Å². The van der Waals surface area contributed by atoms with Gasteiger partial charge in [-0.3, -0.25) is 5.43 Å². The lowest BCUT2D eigenvalue weighted by Gasteiger charge is -2.05. The van der Waals surface area contributed by atoms with E-state index < -0.39 is 6.61 Å². The first-order chi connectivity index (χ1) is 10.5. The van der Waals surface area contributed by atoms with Crippen LogP contribution in [0, 0.1) is 0 Å². The molecule has 0 fully saturated rings. The molecule has 1 N–H and O–H groups in total. The molecular formula is C13H8Cl3F2N3O. The van der Waals surface area contributed by atoms with Gasteiger partial charge in [0.25, 0.3) is 0 Å². The number of hydrogen-bond donors (Lipinski definition) is 1. The SMILES string of the molecule is FC(F)Oc1ccc(C=NNc2nc(Cl)c(Cl)cc2Cl)cc1. The zero-order valence-electron chi connectivity index (χ0n) is 10.7. The van der Waals surface area contributed by atoms with Gasteiger partial charge in [0.05, 0.1) is 16.3 Å². The van der Waals surface area contributed by atoms with Gasteiger partial charge in [0.2, 0.25) is 0 Å². The fourth-order valence-corrected chi connectivity index (χ4v) is 1.97. The van der Waals surface area contributed by atoms with Crippen LogP contribution in [0.1, 0.15) is 5.56 Å². The second-order valence-electron chi connectivity index (χ2n) is 3.91. The number of hydrogen-bond acceptors (Lipinski definition) is 4. The molecule has 2 aromatic rings. The monoisotopic (exact) mass is 365 g/mol. The van der Waals surface area contributed by atoms with E-state index in [1.54, 1.807) is 12.1 Å². The average molecular weight is 367 g/mol. The molecule has 0 aliphatic heterocycles. The van der Waals surface area contributed by atoms with Crippen LogP contribution in [0.25, 0.3) is 0 Å². The number of anilines is 1. The summed E-state index contributed by atoms with van der Waals surface area (Å²) in [5.74, 6) is 0.305. The Balaban J connectivity index is 2.02. The third-order valence-corrected chi connectivity index (χ3v) is 3.34. The highest BCUT2D eigenvalue weighted by Crippen LogP contribution is 2.28. The van der Waals surface area contributed by atoms with E-state index >= 15 is 0 Å². The van der Waals surface area contributed by atoms with Crippen molar-refractivity contribution < 1.29 is 13.5 Å². The van der Waals surface area contributed by atoms with Crippen LogP contribution in [0.15, 0.2) is 35.4 Å². The van der Waals surface area contributed by atoms with Crippen LogP contribution >= 0.6 is 34.8 Å². The van der Waals surface area contributed by atoms with Crippen LogP contribution in [0.3, 0.4) is 0 Å². The third kappa shape index (κ3) is 4.69. The normalized spacial score (nSPS) is 11.2. The summed E-state index contributed by atoms with van der Waals surface area (Å²) in [6.45, 7) is -2.86. The lowest BCUT2D eigenvalue weighted by atomic mass is 10.2. The second kappa shape index (κ2) is 7.58. The van der Waals surface area contributed by atoms with Crippen molar-refractivity contribution in [2.75, 3.05) is 5.43 Å². The van der Waals surface area contributed by atoms with Crippen molar-refractivity contribution in [3.8, 4) is 5.75 Å². The van der Waals surface area contributed by atoms with Crippen LogP contribution in [-0.2, 0) is 0 Å². The van der Waals surface area contributed by atoms with E-state index in [1.165, 1.54) is 24.4 Å². The number of ether oxygens (including phenoxy) is 1.